The first kappa shape index (κ1) is 24.8. The standard InChI is InChI=1S/C27H26F3N5O2/c1-17-2-4-22(14-24(17)34-26(36)20-12-18-6-7-31-25(18)32-15-20)33-21-5-3-19(23(13-21)27(28,29)30)16-35-8-10-37-11-9-35/h2-7,12-15,33H,8-11,16H2,1H3,(H,31,32)(H,34,36). The number of aromatic nitrogens is 2. The fourth-order valence-corrected chi connectivity index (χ4v) is 4.32. The summed E-state index contributed by atoms with van der Waals surface area (Å²) >= 11 is 0. The molecule has 0 aliphatic carbocycles. The van der Waals surface area contributed by atoms with Gasteiger partial charge < -0.3 is 20.4 Å². The number of nitrogens with one attached hydrogen (secondary N) is 3. The number of ether oxygens (including phenoxy) is 1. The van der Waals surface area contributed by atoms with E-state index in [1.807, 2.05) is 17.9 Å². The van der Waals surface area contributed by atoms with Crippen molar-refractivity contribution in [2.24, 2.45) is 0 Å². The summed E-state index contributed by atoms with van der Waals surface area (Å²) in [5, 5.41) is 6.74. The number of carbonyl (C=O) groups excluding carboxylic acids is 1. The average molecular weight is 510 g/mol. The van der Waals surface area contributed by atoms with Gasteiger partial charge in [-0.25, -0.2) is 4.98 Å². The van der Waals surface area contributed by atoms with Crippen molar-refractivity contribution in [3.63, 3.8) is 0 Å². The molecule has 1 aliphatic rings. The van der Waals surface area contributed by atoms with Gasteiger partial charge in [0.05, 0.1) is 24.3 Å². The Labute approximate surface area is 211 Å². The van der Waals surface area contributed by atoms with Crippen molar-refractivity contribution in [1.82, 2.24) is 14.9 Å². The second-order valence-corrected chi connectivity index (χ2v) is 9.01. The van der Waals surface area contributed by atoms with Crippen molar-refractivity contribution < 1.29 is 22.7 Å². The number of benzene rings is 2. The van der Waals surface area contributed by atoms with Crippen LogP contribution in [-0.2, 0) is 17.5 Å². The minimum Gasteiger partial charge on any atom is -0.379 e. The fourth-order valence-electron chi connectivity index (χ4n) is 4.32. The maximum atomic E-state index is 13.9. The van der Waals surface area contributed by atoms with Gasteiger partial charge in [-0.05, 0) is 54.4 Å². The predicted molar refractivity (Wildman–Crippen MR) is 136 cm³/mol. The maximum absolute atomic E-state index is 13.9. The Balaban J connectivity index is 1.34. The summed E-state index contributed by atoms with van der Waals surface area (Å²) in [5.41, 5.74) is 2.86. The number of fused-ring (bicyclic) bond motifs is 1. The monoisotopic (exact) mass is 509 g/mol. The van der Waals surface area contributed by atoms with E-state index in [1.165, 1.54) is 12.3 Å². The Hall–Kier alpha value is -3.89. The van der Waals surface area contributed by atoms with E-state index >= 15 is 0 Å². The highest BCUT2D eigenvalue weighted by molar-refractivity contribution is 6.06. The van der Waals surface area contributed by atoms with Crippen LogP contribution < -0.4 is 10.6 Å². The summed E-state index contributed by atoms with van der Waals surface area (Å²) in [4.78, 5) is 22.0. The Bertz CT molecular complexity index is 1430. The molecule has 7 nitrogen and oxygen atoms in total. The number of anilines is 3. The average Bonchev–Trinajstić information content (AvgIpc) is 3.35. The summed E-state index contributed by atoms with van der Waals surface area (Å²) in [7, 11) is 0. The first-order valence-electron chi connectivity index (χ1n) is 11.9. The molecule has 1 amide bonds. The van der Waals surface area contributed by atoms with Crippen molar-refractivity contribution in [1.29, 1.82) is 0 Å². The van der Waals surface area contributed by atoms with Crippen LogP contribution in [0.1, 0.15) is 27.0 Å². The highest BCUT2D eigenvalue weighted by atomic mass is 19.4. The Morgan fingerprint density at radius 3 is 2.62 bits per heavy atom. The van der Waals surface area contributed by atoms with E-state index in [0.29, 0.717) is 54.6 Å². The van der Waals surface area contributed by atoms with Gasteiger partial charge in [0.15, 0.2) is 0 Å². The number of pyridine rings is 1. The van der Waals surface area contributed by atoms with Gasteiger partial charge >= 0.3 is 6.18 Å². The van der Waals surface area contributed by atoms with Crippen LogP contribution in [0.2, 0.25) is 0 Å². The van der Waals surface area contributed by atoms with Crippen molar-refractivity contribution in [2.45, 2.75) is 19.6 Å². The zero-order chi connectivity index (χ0) is 26.0. The maximum Gasteiger partial charge on any atom is 0.416 e. The first-order chi connectivity index (χ1) is 17.8. The highest BCUT2D eigenvalue weighted by Crippen LogP contribution is 2.35. The molecule has 3 N–H and O–H groups in total. The van der Waals surface area contributed by atoms with Crippen LogP contribution in [0, 0.1) is 6.92 Å². The molecule has 2 aromatic heterocycles. The number of H-pyrrole nitrogens is 1. The molecule has 0 unspecified atom stereocenters. The lowest BCUT2D eigenvalue weighted by Gasteiger charge is -2.28. The number of nitrogens with zero attached hydrogens (tertiary/aromatic N) is 2. The number of morpholine rings is 1. The van der Waals surface area contributed by atoms with Crippen LogP contribution in [0.15, 0.2) is 60.9 Å². The number of hydrogen-bond donors (Lipinski definition) is 3. The summed E-state index contributed by atoms with van der Waals surface area (Å²) in [6.45, 7) is 4.29. The smallest absolute Gasteiger partial charge is 0.379 e. The largest absolute Gasteiger partial charge is 0.416 e. The Morgan fingerprint density at radius 1 is 1.08 bits per heavy atom. The molecule has 2 aromatic carbocycles. The van der Waals surface area contributed by atoms with E-state index in [2.05, 4.69) is 20.6 Å². The second-order valence-electron chi connectivity index (χ2n) is 9.01. The van der Waals surface area contributed by atoms with Gasteiger partial charge in [-0.15, -0.1) is 0 Å². The van der Waals surface area contributed by atoms with E-state index in [0.717, 1.165) is 17.0 Å². The van der Waals surface area contributed by atoms with Gasteiger partial charge in [-0.1, -0.05) is 12.1 Å². The number of aryl methyl sites for hydroxylation is 1. The van der Waals surface area contributed by atoms with Gasteiger partial charge in [0.25, 0.3) is 5.91 Å². The minimum atomic E-state index is -4.49. The van der Waals surface area contributed by atoms with Gasteiger partial charge in [0.1, 0.15) is 5.65 Å². The Kier molecular flexibility index (Phi) is 6.86. The third-order valence-corrected chi connectivity index (χ3v) is 6.35. The van der Waals surface area contributed by atoms with Crippen LogP contribution >= 0.6 is 0 Å². The molecule has 192 valence electrons. The predicted octanol–water partition coefficient (Wildman–Crippen LogP) is 5.72. The summed E-state index contributed by atoms with van der Waals surface area (Å²) in [6, 6.07) is 13.1. The molecule has 0 spiro atoms. The summed E-state index contributed by atoms with van der Waals surface area (Å²) in [6.07, 6.45) is -1.25. The van der Waals surface area contributed by atoms with Gasteiger partial charge in [0, 0.05) is 54.5 Å². The zero-order valence-electron chi connectivity index (χ0n) is 20.2. The molecule has 1 fully saturated rings. The molecule has 0 bridgehead atoms. The Morgan fingerprint density at radius 2 is 1.84 bits per heavy atom. The van der Waals surface area contributed by atoms with Crippen LogP contribution in [0.3, 0.4) is 0 Å². The molecule has 0 atom stereocenters. The van der Waals surface area contributed by atoms with E-state index < -0.39 is 11.7 Å². The summed E-state index contributed by atoms with van der Waals surface area (Å²) in [5.74, 6) is -0.331. The molecular formula is C27H26F3N5O2. The van der Waals surface area contributed by atoms with Gasteiger partial charge in [0.2, 0.25) is 0 Å². The van der Waals surface area contributed by atoms with Gasteiger partial charge in [-0.3, -0.25) is 9.69 Å². The number of hydrogen-bond acceptors (Lipinski definition) is 5. The quantitative estimate of drug-likeness (QED) is 0.310. The third-order valence-electron chi connectivity index (χ3n) is 6.35. The van der Waals surface area contributed by atoms with Crippen LogP contribution in [-0.4, -0.2) is 47.1 Å². The molecule has 37 heavy (non-hydrogen) atoms. The lowest BCUT2D eigenvalue weighted by molar-refractivity contribution is -0.138. The topological polar surface area (TPSA) is 82.3 Å². The lowest BCUT2D eigenvalue weighted by Crippen LogP contribution is -2.36. The third kappa shape index (κ3) is 5.76. The number of alkyl halides is 3. The van der Waals surface area contributed by atoms with Crippen molar-refractivity contribution >= 4 is 34.0 Å². The summed E-state index contributed by atoms with van der Waals surface area (Å²) < 4.78 is 47.0. The van der Waals surface area contributed by atoms with E-state index in [1.54, 1.807) is 36.5 Å². The van der Waals surface area contributed by atoms with Gasteiger partial charge in [-0.2, -0.15) is 13.2 Å². The highest BCUT2D eigenvalue weighted by Gasteiger charge is 2.34. The molecule has 10 heteroatoms. The number of carbonyl (C=O) groups is 1. The molecule has 4 aromatic rings. The number of amides is 1. The van der Waals surface area contributed by atoms with Crippen LogP contribution in [0.5, 0.6) is 0 Å². The van der Waals surface area contributed by atoms with Crippen molar-refractivity contribution in [2.75, 3.05) is 36.9 Å². The van der Waals surface area contributed by atoms with Crippen LogP contribution in [0.4, 0.5) is 30.2 Å². The first-order valence-corrected chi connectivity index (χ1v) is 11.9. The number of rotatable bonds is 6. The minimum absolute atomic E-state index is 0.211. The molecule has 1 saturated heterocycles. The number of aromatic amines is 1. The molecule has 0 radical (unpaired) electrons. The molecule has 5 rings (SSSR count). The zero-order valence-corrected chi connectivity index (χ0v) is 20.2. The molecular weight excluding hydrogens is 483 g/mol. The lowest BCUT2D eigenvalue weighted by atomic mass is 10.0. The van der Waals surface area contributed by atoms with Crippen LogP contribution in [0.25, 0.3) is 11.0 Å². The fraction of sp³-hybridized carbons (Fsp3) is 0.259. The molecule has 0 saturated carbocycles. The second kappa shape index (κ2) is 10.2. The van der Waals surface area contributed by atoms with Crippen molar-refractivity contribution in [3.05, 3.63) is 83.2 Å². The van der Waals surface area contributed by atoms with E-state index in [9.17, 15) is 18.0 Å². The molecule has 3 heterocycles. The van der Waals surface area contributed by atoms with E-state index in [4.69, 9.17) is 4.74 Å². The normalized spacial score (nSPS) is 14.6. The molecule has 1 aliphatic heterocycles. The van der Waals surface area contributed by atoms with E-state index in [-0.39, 0.29) is 18.0 Å². The SMILES string of the molecule is Cc1ccc(Nc2ccc(CN3CCOCC3)c(C(F)(F)F)c2)cc1NC(=O)c1cnc2[nH]ccc2c1. The van der Waals surface area contributed by atoms with Crippen molar-refractivity contribution in [3.8, 4) is 0 Å². The number of halogens is 3.